The van der Waals surface area contributed by atoms with Crippen molar-refractivity contribution in [1.29, 1.82) is 0 Å². The topological polar surface area (TPSA) is 74.8 Å². The number of amides is 1. The molecule has 5 nitrogen and oxygen atoms in total. The van der Waals surface area contributed by atoms with Gasteiger partial charge in [0.1, 0.15) is 11.5 Å². The quantitative estimate of drug-likeness (QED) is 0.756. The van der Waals surface area contributed by atoms with Crippen molar-refractivity contribution in [2.75, 3.05) is 0 Å². The third-order valence-corrected chi connectivity index (χ3v) is 4.42. The Labute approximate surface area is 158 Å². The first kappa shape index (κ1) is 21.0. The number of nitrogens with zero attached hydrogens (tertiary/aromatic N) is 1. The molecule has 1 aromatic carbocycles. The summed E-state index contributed by atoms with van der Waals surface area (Å²) in [6, 6.07) is 6.46. The zero-order valence-corrected chi connectivity index (χ0v) is 16.1. The Hall–Kier alpha value is -2.29. The average Bonchev–Trinajstić information content (AvgIpc) is 2.50. The lowest BCUT2D eigenvalue weighted by Gasteiger charge is -2.32. The van der Waals surface area contributed by atoms with Gasteiger partial charge in [-0.05, 0) is 41.8 Å². The summed E-state index contributed by atoms with van der Waals surface area (Å²) in [5, 5.41) is 2.83. The number of carbonyl (C=O) groups excluding carboxylic acids is 1. The second-order valence-corrected chi connectivity index (χ2v) is 8.24. The first-order valence-electron chi connectivity index (χ1n) is 8.10. The van der Waals surface area contributed by atoms with Gasteiger partial charge < -0.3 is 10.3 Å². The van der Waals surface area contributed by atoms with Crippen molar-refractivity contribution in [1.82, 2.24) is 15.3 Å². The number of benzene rings is 1. The molecule has 2 rings (SSSR count). The van der Waals surface area contributed by atoms with Crippen LogP contribution in [0.3, 0.4) is 0 Å². The number of rotatable bonds is 4. The van der Waals surface area contributed by atoms with Gasteiger partial charge >= 0.3 is 5.51 Å². The minimum atomic E-state index is -4.36. The standard InChI is InChI=1S/C18H20F3N3O2S/c1-10-22-13(9-14(25)23-10)16(26)24-15(17(2,3)4)11-5-7-12(8-6-11)27-18(19,20)21/h5-9,15H,1-4H3,(H,24,26)(H,22,23,25). The highest BCUT2D eigenvalue weighted by Crippen LogP contribution is 2.38. The summed E-state index contributed by atoms with van der Waals surface area (Å²) in [7, 11) is 0. The first-order chi connectivity index (χ1) is 12.3. The van der Waals surface area contributed by atoms with Crippen LogP contribution < -0.4 is 10.9 Å². The molecular weight excluding hydrogens is 379 g/mol. The fourth-order valence-electron chi connectivity index (χ4n) is 2.56. The SMILES string of the molecule is Cc1nc(C(=O)NC(c2ccc(SC(F)(F)F)cc2)C(C)(C)C)cc(=O)[nH]1. The molecule has 9 heteroatoms. The number of alkyl halides is 3. The number of aryl methyl sites for hydroxylation is 1. The van der Waals surface area contributed by atoms with Crippen LogP contribution in [-0.4, -0.2) is 21.4 Å². The highest BCUT2D eigenvalue weighted by Gasteiger charge is 2.31. The molecule has 146 valence electrons. The van der Waals surface area contributed by atoms with E-state index in [1.54, 1.807) is 19.1 Å². The van der Waals surface area contributed by atoms with E-state index >= 15 is 0 Å². The second kappa shape index (κ2) is 7.75. The molecule has 0 aliphatic heterocycles. The van der Waals surface area contributed by atoms with Crippen molar-refractivity contribution in [2.24, 2.45) is 5.41 Å². The van der Waals surface area contributed by atoms with E-state index in [1.807, 2.05) is 20.8 Å². The van der Waals surface area contributed by atoms with Gasteiger partial charge in [-0.3, -0.25) is 9.59 Å². The highest BCUT2D eigenvalue weighted by atomic mass is 32.2. The van der Waals surface area contributed by atoms with E-state index in [0.29, 0.717) is 11.4 Å². The van der Waals surface area contributed by atoms with Crippen molar-refractivity contribution >= 4 is 17.7 Å². The van der Waals surface area contributed by atoms with E-state index in [0.717, 1.165) is 6.07 Å². The van der Waals surface area contributed by atoms with E-state index in [2.05, 4.69) is 15.3 Å². The van der Waals surface area contributed by atoms with Crippen LogP contribution in [-0.2, 0) is 0 Å². The number of aromatic nitrogens is 2. The summed E-state index contributed by atoms with van der Waals surface area (Å²) >= 11 is -0.193. The molecule has 1 amide bonds. The Morgan fingerprint density at radius 2 is 1.78 bits per heavy atom. The van der Waals surface area contributed by atoms with Gasteiger partial charge in [0.25, 0.3) is 11.5 Å². The van der Waals surface area contributed by atoms with Crippen LogP contribution in [0.4, 0.5) is 13.2 Å². The number of hydrogen-bond acceptors (Lipinski definition) is 4. The van der Waals surface area contributed by atoms with E-state index in [9.17, 15) is 22.8 Å². The molecule has 1 unspecified atom stereocenters. The summed E-state index contributed by atoms with van der Waals surface area (Å²) in [4.78, 5) is 30.7. The number of H-pyrrole nitrogens is 1. The summed E-state index contributed by atoms with van der Waals surface area (Å²) in [6.07, 6.45) is 0. The molecule has 2 aromatic rings. The minimum absolute atomic E-state index is 0.0188. The molecule has 0 fully saturated rings. The maximum absolute atomic E-state index is 12.6. The fraction of sp³-hybridized carbons (Fsp3) is 0.389. The predicted octanol–water partition coefficient (Wildman–Crippen LogP) is 4.21. The van der Waals surface area contributed by atoms with Gasteiger partial charge in [-0.1, -0.05) is 32.9 Å². The van der Waals surface area contributed by atoms with Gasteiger partial charge in [0.05, 0.1) is 6.04 Å². The van der Waals surface area contributed by atoms with Gasteiger partial charge in [-0.15, -0.1) is 0 Å². The summed E-state index contributed by atoms with van der Waals surface area (Å²) in [5.41, 5.74) is -4.58. The van der Waals surface area contributed by atoms with E-state index < -0.39 is 28.4 Å². The number of halogens is 3. The van der Waals surface area contributed by atoms with Gasteiger partial charge in [-0.2, -0.15) is 13.2 Å². The minimum Gasteiger partial charge on any atom is -0.343 e. The zero-order chi connectivity index (χ0) is 20.4. The molecule has 0 bridgehead atoms. The third kappa shape index (κ3) is 6.13. The van der Waals surface area contributed by atoms with Crippen molar-refractivity contribution in [3.63, 3.8) is 0 Å². The normalized spacial score (nSPS) is 13.3. The van der Waals surface area contributed by atoms with Gasteiger partial charge in [0, 0.05) is 11.0 Å². The summed E-state index contributed by atoms with van der Waals surface area (Å²) in [5.74, 6) is -0.216. The molecule has 0 spiro atoms. The number of thioether (sulfide) groups is 1. The lowest BCUT2D eigenvalue weighted by molar-refractivity contribution is -0.0328. The number of aromatic amines is 1. The fourth-order valence-corrected chi connectivity index (χ4v) is 3.10. The van der Waals surface area contributed by atoms with Gasteiger partial charge in [-0.25, -0.2) is 4.98 Å². The van der Waals surface area contributed by atoms with Crippen molar-refractivity contribution in [3.05, 3.63) is 57.8 Å². The van der Waals surface area contributed by atoms with Gasteiger partial charge in [0.2, 0.25) is 0 Å². The van der Waals surface area contributed by atoms with Crippen molar-refractivity contribution in [2.45, 2.75) is 44.1 Å². The maximum atomic E-state index is 12.6. The first-order valence-corrected chi connectivity index (χ1v) is 8.91. The highest BCUT2D eigenvalue weighted by molar-refractivity contribution is 8.00. The van der Waals surface area contributed by atoms with Crippen molar-refractivity contribution in [3.8, 4) is 0 Å². The largest absolute Gasteiger partial charge is 0.446 e. The second-order valence-electron chi connectivity index (χ2n) is 7.11. The number of hydrogen-bond donors (Lipinski definition) is 2. The molecule has 0 aliphatic rings. The molecule has 27 heavy (non-hydrogen) atoms. The molecule has 1 atom stereocenters. The molecule has 2 N–H and O–H groups in total. The number of carbonyl (C=O) groups is 1. The monoisotopic (exact) mass is 399 g/mol. The zero-order valence-electron chi connectivity index (χ0n) is 15.3. The molecule has 0 radical (unpaired) electrons. The smallest absolute Gasteiger partial charge is 0.343 e. The lowest BCUT2D eigenvalue weighted by Crippen LogP contribution is -2.37. The Balaban J connectivity index is 2.28. The van der Waals surface area contributed by atoms with Crippen LogP contribution in [0.2, 0.25) is 0 Å². The summed E-state index contributed by atoms with van der Waals surface area (Å²) in [6.45, 7) is 7.25. The number of nitrogens with one attached hydrogen (secondary N) is 2. The van der Waals surface area contributed by atoms with E-state index in [4.69, 9.17) is 0 Å². The van der Waals surface area contributed by atoms with Crippen LogP contribution in [0, 0.1) is 12.3 Å². The Morgan fingerprint density at radius 1 is 1.19 bits per heavy atom. The molecular formula is C18H20F3N3O2S. The molecule has 1 heterocycles. The molecule has 0 saturated carbocycles. The van der Waals surface area contributed by atoms with Crippen LogP contribution in [0.15, 0.2) is 40.0 Å². The van der Waals surface area contributed by atoms with Crippen molar-refractivity contribution < 1.29 is 18.0 Å². The van der Waals surface area contributed by atoms with Crippen LogP contribution in [0.5, 0.6) is 0 Å². The maximum Gasteiger partial charge on any atom is 0.446 e. The summed E-state index contributed by atoms with van der Waals surface area (Å²) < 4.78 is 37.5. The molecule has 0 saturated heterocycles. The lowest BCUT2D eigenvalue weighted by atomic mass is 9.82. The molecule has 1 aromatic heterocycles. The Morgan fingerprint density at radius 3 is 2.26 bits per heavy atom. The van der Waals surface area contributed by atoms with Crippen LogP contribution in [0.1, 0.15) is 48.7 Å². The van der Waals surface area contributed by atoms with E-state index in [-0.39, 0.29) is 22.4 Å². The molecule has 0 aliphatic carbocycles. The third-order valence-electron chi connectivity index (χ3n) is 3.68. The predicted molar refractivity (Wildman–Crippen MR) is 97.6 cm³/mol. The van der Waals surface area contributed by atoms with Crippen LogP contribution >= 0.6 is 11.8 Å². The Bertz CT molecular complexity index is 871. The van der Waals surface area contributed by atoms with Gasteiger partial charge in [0.15, 0.2) is 0 Å². The van der Waals surface area contributed by atoms with E-state index in [1.165, 1.54) is 12.1 Å². The Kier molecular flexibility index (Phi) is 6.04. The average molecular weight is 399 g/mol. The van der Waals surface area contributed by atoms with Crippen LogP contribution in [0.25, 0.3) is 0 Å².